The molecule has 1 fully saturated rings. The Morgan fingerprint density at radius 3 is 2.40 bits per heavy atom. The van der Waals surface area contributed by atoms with Gasteiger partial charge in [0.15, 0.2) is 5.78 Å². The molecule has 1 aliphatic rings. The minimum absolute atomic E-state index is 0.154. The summed E-state index contributed by atoms with van der Waals surface area (Å²) in [6, 6.07) is 12.9. The van der Waals surface area contributed by atoms with Crippen LogP contribution in [0.15, 0.2) is 42.5 Å². The smallest absolute Gasteiger partial charge is 0.319 e. The summed E-state index contributed by atoms with van der Waals surface area (Å²) in [4.78, 5) is 38.8. The Hall–Kier alpha value is -2.69. The number of rotatable bonds is 3. The largest absolute Gasteiger partial charge is 0.325 e. The van der Waals surface area contributed by atoms with Crippen molar-refractivity contribution in [2.45, 2.75) is 33.2 Å². The number of nitrogens with zero attached hydrogens (tertiary/aromatic N) is 1. The Kier molecular flexibility index (Phi) is 3.90. The highest BCUT2D eigenvalue weighted by Crippen LogP contribution is 2.34. The van der Waals surface area contributed by atoms with Crippen LogP contribution in [-0.2, 0) is 15.1 Å². The molecule has 130 valence electrons. The summed E-state index contributed by atoms with van der Waals surface area (Å²) in [6.45, 7) is 6.80. The number of nitrogens with one attached hydrogen (secondary N) is 1. The second-order valence-electron chi connectivity index (χ2n) is 7.65. The number of benzene rings is 2. The maximum atomic E-state index is 13.0. The lowest BCUT2D eigenvalue weighted by Crippen LogP contribution is -2.42. The van der Waals surface area contributed by atoms with Gasteiger partial charge in [-0.25, -0.2) is 4.79 Å². The van der Waals surface area contributed by atoms with E-state index in [1.807, 2.05) is 42.5 Å². The maximum Gasteiger partial charge on any atom is 0.325 e. The molecule has 2 aromatic rings. The van der Waals surface area contributed by atoms with Crippen LogP contribution in [-0.4, -0.2) is 29.2 Å². The third-order valence-corrected chi connectivity index (χ3v) is 4.74. The quantitative estimate of drug-likeness (QED) is 0.874. The molecular formula is C20H22N2O3. The molecule has 1 N–H and O–H groups in total. The van der Waals surface area contributed by atoms with Crippen LogP contribution in [0.3, 0.4) is 0 Å². The zero-order valence-electron chi connectivity index (χ0n) is 14.9. The van der Waals surface area contributed by atoms with E-state index in [9.17, 15) is 14.4 Å². The molecule has 3 amide bonds. The first-order valence-corrected chi connectivity index (χ1v) is 8.30. The van der Waals surface area contributed by atoms with Crippen molar-refractivity contribution < 1.29 is 14.4 Å². The first-order valence-electron chi connectivity index (χ1n) is 8.30. The summed E-state index contributed by atoms with van der Waals surface area (Å²) in [5, 5.41) is 4.68. The number of urea groups is 1. The summed E-state index contributed by atoms with van der Waals surface area (Å²) in [7, 11) is 0. The van der Waals surface area contributed by atoms with Gasteiger partial charge in [0.25, 0.3) is 5.91 Å². The SMILES string of the molecule is CC(C)(C)C(=O)CN1C(=O)N[C@@](C)(c2cccc3ccccc23)C1=O. The summed E-state index contributed by atoms with van der Waals surface area (Å²) in [5.74, 6) is -0.551. The van der Waals surface area contributed by atoms with Gasteiger partial charge < -0.3 is 5.32 Å². The fourth-order valence-electron chi connectivity index (χ4n) is 3.07. The van der Waals surface area contributed by atoms with Crippen molar-refractivity contribution >= 4 is 28.5 Å². The van der Waals surface area contributed by atoms with E-state index >= 15 is 0 Å². The highest BCUT2D eigenvalue weighted by molar-refractivity contribution is 6.11. The Bertz CT molecular complexity index is 877. The molecule has 5 nitrogen and oxygen atoms in total. The standard InChI is InChI=1S/C20H22N2O3/c1-19(2,3)16(23)12-22-17(24)20(4,21-18(22)25)15-11-7-9-13-8-5-6-10-14(13)15/h5-11H,12H2,1-4H3,(H,21,25)/t20-/m0/s1. The molecule has 1 saturated heterocycles. The Labute approximate surface area is 147 Å². The van der Waals surface area contributed by atoms with Crippen molar-refractivity contribution in [3.05, 3.63) is 48.0 Å². The number of amides is 3. The Morgan fingerprint density at radius 2 is 1.72 bits per heavy atom. The van der Waals surface area contributed by atoms with E-state index in [4.69, 9.17) is 0 Å². The van der Waals surface area contributed by atoms with Crippen molar-refractivity contribution in [3.63, 3.8) is 0 Å². The van der Waals surface area contributed by atoms with E-state index in [0.717, 1.165) is 21.2 Å². The minimum atomic E-state index is -1.18. The number of fused-ring (bicyclic) bond motifs is 1. The van der Waals surface area contributed by atoms with Gasteiger partial charge in [-0.3, -0.25) is 14.5 Å². The number of hydrogen-bond acceptors (Lipinski definition) is 3. The molecule has 0 aromatic heterocycles. The third-order valence-electron chi connectivity index (χ3n) is 4.74. The first kappa shape index (κ1) is 17.1. The van der Waals surface area contributed by atoms with Gasteiger partial charge in [-0.15, -0.1) is 0 Å². The highest BCUT2D eigenvalue weighted by atomic mass is 16.2. The number of imide groups is 1. The normalized spacial score (nSPS) is 20.9. The molecule has 0 unspecified atom stereocenters. The molecule has 1 heterocycles. The molecule has 0 radical (unpaired) electrons. The predicted octanol–water partition coefficient (Wildman–Crippen LogP) is 3.22. The molecule has 0 spiro atoms. The van der Waals surface area contributed by atoms with Crippen LogP contribution in [0.2, 0.25) is 0 Å². The molecule has 3 rings (SSSR count). The summed E-state index contributed by atoms with van der Waals surface area (Å²) >= 11 is 0. The van der Waals surface area contributed by atoms with E-state index in [1.54, 1.807) is 27.7 Å². The van der Waals surface area contributed by atoms with Gasteiger partial charge in [-0.05, 0) is 23.3 Å². The van der Waals surface area contributed by atoms with Gasteiger partial charge in [0.1, 0.15) is 5.54 Å². The summed E-state index contributed by atoms with van der Waals surface area (Å²) < 4.78 is 0. The second-order valence-corrected chi connectivity index (χ2v) is 7.65. The monoisotopic (exact) mass is 338 g/mol. The van der Waals surface area contributed by atoms with Crippen LogP contribution in [0.25, 0.3) is 10.8 Å². The fourth-order valence-corrected chi connectivity index (χ4v) is 3.07. The van der Waals surface area contributed by atoms with Gasteiger partial charge in [-0.1, -0.05) is 63.2 Å². The van der Waals surface area contributed by atoms with E-state index in [1.165, 1.54) is 0 Å². The zero-order valence-corrected chi connectivity index (χ0v) is 14.9. The highest BCUT2D eigenvalue weighted by Gasteiger charge is 2.50. The van der Waals surface area contributed by atoms with Crippen LogP contribution < -0.4 is 5.32 Å². The van der Waals surface area contributed by atoms with Gasteiger partial charge in [0.05, 0.1) is 6.54 Å². The zero-order chi connectivity index (χ0) is 18.4. The van der Waals surface area contributed by atoms with E-state index < -0.39 is 22.9 Å². The van der Waals surface area contributed by atoms with Crippen molar-refractivity contribution in [3.8, 4) is 0 Å². The van der Waals surface area contributed by atoms with E-state index in [0.29, 0.717) is 0 Å². The average molecular weight is 338 g/mol. The van der Waals surface area contributed by atoms with E-state index in [-0.39, 0.29) is 12.3 Å². The molecule has 1 atom stereocenters. The molecular weight excluding hydrogens is 316 g/mol. The van der Waals surface area contributed by atoms with Gasteiger partial charge >= 0.3 is 6.03 Å². The maximum absolute atomic E-state index is 13.0. The lowest BCUT2D eigenvalue weighted by atomic mass is 9.87. The second kappa shape index (κ2) is 5.69. The van der Waals surface area contributed by atoms with Crippen LogP contribution >= 0.6 is 0 Å². The predicted molar refractivity (Wildman–Crippen MR) is 96.0 cm³/mol. The minimum Gasteiger partial charge on any atom is -0.319 e. The van der Waals surface area contributed by atoms with Crippen LogP contribution in [0, 0.1) is 5.41 Å². The number of ketones is 1. The lowest BCUT2D eigenvalue weighted by molar-refractivity contribution is -0.136. The molecule has 25 heavy (non-hydrogen) atoms. The summed E-state index contributed by atoms with van der Waals surface area (Å²) in [5.41, 5.74) is -1.07. The molecule has 1 aliphatic heterocycles. The Morgan fingerprint density at radius 1 is 1.08 bits per heavy atom. The Balaban J connectivity index is 2.01. The lowest BCUT2D eigenvalue weighted by Gasteiger charge is -2.24. The van der Waals surface area contributed by atoms with Crippen molar-refractivity contribution in [1.82, 2.24) is 10.2 Å². The molecule has 0 saturated carbocycles. The number of Topliss-reactive ketones (excluding diaryl/α,β-unsaturated/α-hetero) is 1. The van der Waals surface area contributed by atoms with Crippen LogP contribution in [0.1, 0.15) is 33.3 Å². The molecule has 0 aliphatic carbocycles. The molecule has 2 aromatic carbocycles. The van der Waals surface area contributed by atoms with Crippen molar-refractivity contribution in [2.24, 2.45) is 5.41 Å². The van der Waals surface area contributed by atoms with Crippen molar-refractivity contribution in [2.75, 3.05) is 6.54 Å². The summed E-state index contributed by atoms with van der Waals surface area (Å²) in [6.07, 6.45) is 0. The average Bonchev–Trinajstić information content (AvgIpc) is 2.77. The van der Waals surface area contributed by atoms with Gasteiger partial charge in [-0.2, -0.15) is 0 Å². The van der Waals surface area contributed by atoms with Gasteiger partial charge in [0, 0.05) is 5.41 Å². The number of carbonyl (C=O) groups excluding carboxylic acids is 3. The number of carbonyl (C=O) groups is 3. The molecule has 5 heteroatoms. The van der Waals surface area contributed by atoms with E-state index in [2.05, 4.69) is 5.32 Å². The fraction of sp³-hybridized carbons (Fsp3) is 0.350. The molecule has 0 bridgehead atoms. The van der Waals surface area contributed by atoms with Crippen LogP contribution in [0.4, 0.5) is 4.79 Å². The topological polar surface area (TPSA) is 66.5 Å². The number of hydrogen-bond donors (Lipinski definition) is 1. The van der Waals surface area contributed by atoms with Crippen molar-refractivity contribution in [1.29, 1.82) is 0 Å². The third kappa shape index (κ3) is 2.80. The first-order chi connectivity index (χ1) is 11.6. The van der Waals surface area contributed by atoms with Gasteiger partial charge in [0.2, 0.25) is 0 Å². The van der Waals surface area contributed by atoms with Crippen LogP contribution in [0.5, 0.6) is 0 Å².